The Morgan fingerprint density at radius 2 is 2.22 bits per heavy atom. The van der Waals surface area contributed by atoms with Crippen LogP contribution in [0.5, 0.6) is 0 Å². The van der Waals surface area contributed by atoms with Crippen molar-refractivity contribution in [3.05, 3.63) is 15.5 Å². The number of nitrogens with zero attached hydrogens (tertiary/aromatic N) is 2. The van der Waals surface area contributed by atoms with E-state index in [2.05, 4.69) is 23.0 Å². The molecule has 9 heavy (non-hydrogen) atoms. The first-order valence-electron chi connectivity index (χ1n) is 2.41. The molecule has 3 nitrogen and oxygen atoms in total. The summed E-state index contributed by atoms with van der Waals surface area (Å²) in [5, 5.41) is 7.36. The smallest absolute Gasteiger partial charge is 0.140 e. The zero-order valence-electron chi connectivity index (χ0n) is 4.41. The molecule has 0 fully saturated rings. The van der Waals surface area contributed by atoms with E-state index in [0.717, 1.165) is 11.4 Å². The second kappa shape index (κ2) is 2.02. The average Bonchev–Trinajstić information content (AvgIpc) is 2.33. The lowest BCUT2D eigenvalue weighted by Crippen LogP contribution is -1.83. The molecule has 0 aromatic carbocycles. The average molecular weight is 234 g/mol. The third-order valence-corrected chi connectivity index (χ3v) is 2.73. The number of hydrogen-bond donors (Lipinski definition) is 0. The summed E-state index contributed by atoms with van der Waals surface area (Å²) in [6.07, 6.45) is 1.96. The van der Waals surface area contributed by atoms with Gasteiger partial charge in [0.05, 0.1) is 0 Å². The molecule has 1 aliphatic rings. The summed E-state index contributed by atoms with van der Waals surface area (Å²) in [5.74, 6) is 0. The molecule has 0 aliphatic carbocycles. The fourth-order valence-corrected chi connectivity index (χ4v) is 2.11. The predicted octanol–water partition coefficient (Wildman–Crippen LogP) is 1.17. The van der Waals surface area contributed by atoms with Crippen molar-refractivity contribution in [2.75, 3.05) is 0 Å². The van der Waals surface area contributed by atoms with E-state index in [4.69, 9.17) is 0 Å². The van der Waals surface area contributed by atoms with E-state index in [1.807, 2.05) is 6.08 Å². The third-order valence-electron chi connectivity index (χ3n) is 1.00. The molecule has 0 atom stereocenters. The topological polar surface area (TPSA) is 38.9 Å². The normalized spacial score (nSPS) is 14.7. The highest BCUT2D eigenvalue weighted by molar-refractivity contribution is 14.2. The minimum absolute atomic E-state index is 0.0838. The van der Waals surface area contributed by atoms with Gasteiger partial charge in [0.15, 0.2) is 0 Å². The van der Waals surface area contributed by atoms with Crippen molar-refractivity contribution < 1.29 is 4.63 Å². The molecule has 0 spiro atoms. The summed E-state index contributed by atoms with van der Waals surface area (Å²) in [6.45, 7) is 0. The van der Waals surface area contributed by atoms with E-state index >= 15 is 0 Å². The summed E-state index contributed by atoms with van der Waals surface area (Å²) < 4.78 is 8.72. The van der Waals surface area contributed by atoms with E-state index in [0.29, 0.717) is 0 Å². The lowest BCUT2D eigenvalue weighted by molar-refractivity contribution is 0.306. The van der Waals surface area contributed by atoms with E-state index in [9.17, 15) is 0 Å². The molecule has 0 N–H and O–H groups in total. The highest BCUT2D eigenvalue weighted by atomic mass is 127. The van der Waals surface area contributed by atoms with Crippen molar-refractivity contribution >= 4 is 30.8 Å². The van der Waals surface area contributed by atoms with Crippen molar-refractivity contribution in [1.82, 2.24) is 10.3 Å². The molecule has 0 radical (unpaired) electrons. The molecule has 1 aliphatic heterocycles. The van der Waals surface area contributed by atoms with Crippen LogP contribution < -0.4 is 0 Å². The Morgan fingerprint density at radius 1 is 1.33 bits per heavy atom. The molecule has 1 aromatic rings. The molecule has 0 saturated heterocycles. The van der Waals surface area contributed by atoms with Gasteiger partial charge in [0, 0.05) is 4.01 Å². The van der Waals surface area contributed by atoms with Crippen LogP contribution >= 0.6 is 20.7 Å². The highest BCUT2D eigenvalue weighted by Gasteiger charge is 2.04. The lowest BCUT2D eigenvalue weighted by atomic mass is 10.3. The van der Waals surface area contributed by atoms with Gasteiger partial charge in [-0.15, -0.1) is 0 Å². The van der Waals surface area contributed by atoms with Crippen LogP contribution in [-0.2, 0) is 0 Å². The molecule has 0 unspecified atom stereocenters. The quantitative estimate of drug-likeness (QED) is 0.632. The Balaban J connectivity index is 2.68. The maximum atomic E-state index is 4.50. The minimum atomic E-state index is 0.0838. The van der Waals surface area contributed by atoms with E-state index in [-0.39, 0.29) is 20.7 Å². The second-order valence-corrected chi connectivity index (χ2v) is 3.62. The van der Waals surface area contributed by atoms with Gasteiger partial charge in [-0.3, -0.25) is 0 Å². The van der Waals surface area contributed by atoms with E-state index in [1.54, 1.807) is 0 Å². The molecule has 0 bridgehead atoms. The summed E-state index contributed by atoms with van der Waals surface area (Å²) in [5.41, 5.74) is 1.77. The summed E-state index contributed by atoms with van der Waals surface area (Å²) in [4.78, 5) is 0. The Hall–Kier alpha value is -0.520. The minimum Gasteiger partial charge on any atom is -0.243 e. The predicted molar refractivity (Wildman–Crippen MR) is 42.5 cm³/mol. The van der Waals surface area contributed by atoms with Gasteiger partial charge in [-0.25, -0.2) is 4.63 Å². The molecular weight excluding hydrogens is 231 g/mol. The zero-order valence-corrected chi connectivity index (χ0v) is 6.57. The molecule has 1 aromatic heterocycles. The Bertz CT molecular complexity index is 250. The van der Waals surface area contributed by atoms with Crippen molar-refractivity contribution in [2.24, 2.45) is 0 Å². The Labute approximate surface area is 61.5 Å². The largest absolute Gasteiger partial charge is 0.243 e. The molecule has 0 saturated carbocycles. The summed E-state index contributed by atoms with van der Waals surface area (Å²) >= 11 is 0.0838. The van der Waals surface area contributed by atoms with Crippen molar-refractivity contribution in [2.45, 2.75) is 0 Å². The van der Waals surface area contributed by atoms with Crippen LogP contribution in [0.3, 0.4) is 0 Å². The van der Waals surface area contributed by atoms with Crippen LogP contribution in [0.2, 0.25) is 0 Å². The zero-order chi connectivity index (χ0) is 6.10. The van der Waals surface area contributed by atoms with Crippen LogP contribution in [0, 0.1) is 0 Å². The van der Waals surface area contributed by atoms with E-state index in [1.165, 1.54) is 0 Å². The second-order valence-electron chi connectivity index (χ2n) is 1.56. The van der Waals surface area contributed by atoms with Crippen LogP contribution in [-0.4, -0.2) is 14.3 Å². The van der Waals surface area contributed by atoms with Gasteiger partial charge in [0.1, 0.15) is 11.4 Å². The molecule has 46 valence electrons. The number of rotatable bonds is 0. The third kappa shape index (κ3) is 0.827. The van der Waals surface area contributed by atoms with Crippen molar-refractivity contribution in [3.63, 3.8) is 0 Å². The number of halogens is 1. The van der Waals surface area contributed by atoms with Crippen molar-refractivity contribution in [1.29, 1.82) is 0 Å². The summed E-state index contributed by atoms with van der Waals surface area (Å²) in [6, 6.07) is 0. The number of fused-ring (bicyclic) bond motifs is 1. The molecule has 2 heterocycles. The maximum absolute atomic E-state index is 4.50. The van der Waals surface area contributed by atoms with Gasteiger partial charge in [-0.05, 0) is 20.5 Å². The Kier molecular flexibility index (Phi) is 1.18. The molecular formula is C5H3IN2O. The molecule has 2 rings (SSSR count). The molecule has 4 heteroatoms. The number of hydrogen-bond acceptors (Lipinski definition) is 3. The Morgan fingerprint density at radius 3 is 3.11 bits per heavy atom. The monoisotopic (exact) mass is 234 g/mol. The summed E-state index contributed by atoms with van der Waals surface area (Å²) in [7, 11) is 0. The lowest BCUT2D eigenvalue weighted by Gasteiger charge is -1.86. The standard InChI is InChI=1S/C5H3IN2O/c1-2-6-3-5-4(1)7-9-8-5/h1-3H. The van der Waals surface area contributed by atoms with Gasteiger partial charge in [0.25, 0.3) is 0 Å². The fraction of sp³-hybridized carbons (Fsp3) is 0. The fourth-order valence-electron chi connectivity index (χ4n) is 0.586. The molecule has 0 amide bonds. The SMILES string of the molecule is C1=Cc2nonc2C=I1. The first-order valence-corrected chi connectivity index (χ1v) is 4.90. The first-order chi connectivity index (χ1) is 4.47. The number of aromatic nitrogens is 2. The van der Waals surface area contributed by atoms with Crippen LogP contribution in [0.1, 0.15) is 11.4 Å². The maximum Gasteiger partial charge on any atom is 0.140 e. The van der Waals surface area contributed by atoms with Gasteiger partial charge in [0.2, 0.25) is 0 Å². The van der Waals surface area contributed by atoms with E-state index < -0.39 is 0 Å². The van der Waals surface area contributed by atoms with Gasteiger partial charge in [-0.2, -0.15) is 0 Å². The first kappa shape index (κ1) is 5.28. The van der Waals surface area contributed by atoms with Crippen LogP contribution in [0.25, 0.3) is 6.08 Å². The van der Waals surface area contributed by atoms with Crippen LogP contribution in [0.15, 0.2) is 8.71 Å². The van der Waals surface area contributed by atoms with Gasteiger partial charge in [-0.1, -0.05) is 20.7 Å². The van der Waals surface area contributed by atoms with Gasteiger partial charge < -0.3 is 0 Å². The van der Waals surface area contributed by atoms with Crippen molar-refractivity contribution in [3.8, 4) is 0 Å². The van der Waals surface area contributed by atoms with Crippen LogP contribution in [0.4, 0.5) is 0 Å². The highest BCUT2D eigenvalue weighted by Crippen LogP contribution is 2.14. The van der Waals surface area contributed by atoms with Gasteiger partial charge >= 0.3 is 0 Å².